The molecule has 0 aromatic rings. The summed E-state index contributed by atoms with van der Waals surface area (Å²) in [5, 5.41) is 12.7. The molecule has 0 heterocycles. The molecule has 0 spiro atoms. The first kappa shape index (κ1) is 14.3. The summed E-state index contributed by atoms with van der Waals surface area (Å²) >= 11 is 1.60. The van der Waals surface area contributed by atoms with E-state index >= 15 is 0 Å². The lowest BCUT2D eigenvalue weighted by Crippen LogP contribution is -2.51. The maximum absolute atomic E-state index is 11.0. The molecule has 0 aromatic carbocycles. The second-order valence-electron chi connectivity index (χ2n) is 4.52. The molecule has 16 heavy (non-hydrogen) atoms. The van der Waals surface area contributed by atoms with Crippen molar-refractivity contribution < 1.29 is 13.5 Å². The first-order chi connectivity index (χ1) is 7.43. The summed E-state index contributed by atoms with van der Waals surface area (Å²) in [6.07, 6.45) is 3.58. The number of hydrogen-bond donors (Lipinski definition) is 2. The first-order valence-corrected chi connectivity index (χ1v) is 8.70. The Morgan fingerprint density at radius 1 is 1.50 bits per heavy atom. The monoisotopic (exact) mass is 267 g/mol. The maximum Gasteiger partial charge on any atom is 0.148 e. The van der Waals surface area contributed by atoms with Crippen LogP contribution in [0.1, 0.15) is 12.8 Å². The molecule has 0 saturated heterocycles. The van der Waals surface area contributed by atoms with Gasteiger partial charge in [0.05, 0.1) is 17.9 Å². The summed E-state index contributed by atoms with van der Waals surface area (Å²) in [5.74, 6) is 2.15. The lowest BCUT2D eigenvalue weighted by Gasteiger charge is -2.31. The smallest absolute Gasteiger partial charge is 0.148 e. The Labute approximate surface area is 102 Å². The van der Waals surface area contributed by atoms with E-state index in [9.17, 15) is 13.5 Å². The van der Waals surface area contributed by atoms with Crippen molar-refractivity contribution >= 4 is 21.6 Å². The Hall–Kier alpha value is 0.220. The van der Waals surface area contributed by atoms with E-state index in [-0.39, 0.29) is 17.9 Å². The summed E-state index contributed by atoms with van der Waals surface area (Å²) in [6, 6.07) is 0. The third kappa shape index (κ3) is 4.24. The minimum absolute atomic E-state index is 0.125. The number of likely N-dealkylation sites (N-methyl/N-ethyl adjacent to an activating group) is 1. The van der Waals surface area contributed by atoms with Crippen LogP contribution in [0.2, 0.25) is 0 Å². The lowest BCUT2D eigenvalue weighted by atomic mass is 9.97. The Morgan fingerprint density at radius 3 is 2.50 bits per heavy atom. The second kappa shape index (κ2) is 5.71. The highest BCUT2D eigenvalue weighted by Gasteiger charge is 2.43. The summed E-state index contributed by atoms with van der Waals surface area (Å²) in [4.78, 5) is 0. The van der Waals surface area contributed by atoms with Crippen LogP contribution in [0.15, 0.2) is 0 Å². The largest absolute Gasteiger partial charge is 0.394 e. The Morgan fingerprint density at radius 2 is 2.12 bits per heavy atom. The number of rotatable bonds is 8. The third-order valence-electron chi connectivity index (χ3n) is 3.10. The van der Waals surface area contributed by atoms with Gasteiger partial charge in [0.2, 0.25) is 0 Å². The number of nitrogens with one attached hydrogen (secondary N) is 1. The molecule has 4 nitrogen and oxygen atoms in total. The highest BCUT2D eigenvalue weighted by molar-refractivity contribution is 8.00. The molecular weight excluding hydrogens is 246 g/mol. The van der Waals surface area contributed by atoms with Gasteiger partial charge in [0.1, 0.15) is 9.84 Å². The van der Waals surface area contributed by atoms with Crippen LogP contribution in [0.4, 0.5) is 0 Å². The Balaban J connectivity index is 2.33. The molecule has 1 saturated carbocycles. The van der Waals surface area contributed by atoms with Crippen molar-refractivity contribution in [3.05, 3.63) is 0 Å². The van der Waals surface area contributed by atoms with Crippen LogP contribution >= 0.6 is 11.8 Å². The van der Waals surface area contributed by atoms with Crippen LogP contribution in [0.25, 0.3) is 0 Å². The molecule has 96 valence electrons. The fraction of sp³-hybridized carbons (Fsp3) is 1.00. The van der Waals surface area contributed by atoms with E-state index < -0.39 is 9.84 Å². The normalized spacial score (nSPS) is 20.7. The van der Waals surface area contributed by atoms with E-state index in [4.69, 9.17) is 0 Å². The first-order valence-electron chi connectivity index (χ1n) is 5.49. The van der Waals surface area contributed by atoms with Crippen molar-refractivity contribution in [2.75, 3.05) is 37.2 Å². The van der Waals surface area contributed by atoms with Crippen molar-refractivity contribution in [3.8, 4) is 0 Å². The summed E-state index contributed by atoms with van der Waals surface area (Å²) in [7, 11) is -0.997. The number of aliphatic hydroxyl groups excluding tert-OH is 1. The fourth-order valence-electron chi connectivity index (χ4n) is 1.75. The van der Waals surface area contributed by atoms with Gasteiger partial charge >= 0.3 is 0 Å². The molecule has 1 fully saturated rings. The molecule has 6 heteroatoms. The number of hydrogen-bond acceptors (Lipinski definition) is 5. The molecule has 1 aliphatic carbocycles. The molecule has 0 aliphatic heterocycles. The molecule has 2 N–H and O–H groups in total. The predicted octanol–water partition coefficient (Wildman–Crippen LogP) is 0.125. The standard InChI is InChI=1S/C10H21NO3S2/c1-11-10(7-12,9-3-4-9)8-15-5-6-16(2,13)14/h9,11-12H,3-8H2,1-2H3. The Bertz CT molecular complexity index is 308. The van der Waals surface area contributed by atoms with Gasteiger partial charge in [0, 0.05) is 17.8 Å². The van der Waals surface area contributed by atoms with Crippen molar-refractivity contribution in [2.24, 2.45) is 5.92 Å². The van der Waals surface area contributed by atoms with Gasteiger partial charge in [-0.1, -0.05) is 0 Å². The number of sulfone groups is 1. The quantitative estimate of drug-likeness (QED) is 0.612. The topological polar surface area (TPSA) is 66.4 Å². The van der Waals surface area contributed by atoms with Gasteiger partial charge in [-0.2, -0.15) is 11.8 Å². The summed E-state index contributed by atoms with van der Waals surface area (Å²) < 4.78 is 21.9. The highest BCUT2D eigenvalue weighted by atomic mass is 32.2. The van der Waals surface area contributed by atoms with Crippen LogP contribution in [0.5, 0.6) is 0 Å². The highest BCUT2D eigenvalue weighted by Crippen LogP contribution is 2.40. The minimum atomic E-state index is -2.86. The van der Waals surface area contributed by atoms with Crippen LogP contribution < -0.4 is 5.32 Å². The van der Waals surface area contributed by atoms with E-state index in [1.165, 1.54) is 6.26 Å². The molecule has 1 aliphatic rings. The fourth-order valence-corrected chi connectivity index (χ4v) is 4.41. The van der Waals surface area contributed by atoms with E-state index in [0.717, 1.165) is 18.6 Å². The number of aliphatic hydroxyl groups is 1. The van der Waals surface area contributed by atoms with Gasteiger partial charge in [0.25, 0.3) is 0 Å². The Kier molecular flexibility index (Phi) is 5.10. The van der Waals surface area contributed by atoms with Crippen molar-refractivity contribution in [1.82, 2.24) is 5.32 Å². The predicted molar refractivity (Wildman–Crippen MR) is 68.6 cm³/mol. The van der Waals surface area contributed by atoms with Crippen molar-refractivity contribution in [2.45, 2.75) is 18.4 Å². The van der Waals surface area contributed by atoms with Gasteiger partial charge in [0.15, 0.2) is 0 Å². The molecule has 1 unspecified atom stereocenters. The summed E-state index contributed by atoms with van der Waals surface area (Å²) in [5.41, 5.74) is -0.206. The van der Waals surface area contributed by atoms with Crippen molar-refractivity contribution in [3.63, 3.8) is 0 Å². The number of thioether (sulfide) groups is 1. The average molecular weight is 267 g/mol. The van der Waals surface area contributed by atoms with Crippen LogP contribution in [-0.4, -0.2) is 56.2 Å². The van der Waals surface area contributed by atoms with Gasteiger partial charge in [-0.25, -0.2) is 8.42 Å². The van der Waals surface area contributed by atoms with E-state index in [2.05, 4.69) is 5.32 Å². The zero-order chi connectivity index (χ0) is 12.2. The molecule has 1 rings (SSSR count). The average Bonchev–Trinajstić information content (AvgIpc) is 3.01. The maximum atomic E-state index is 11.0. The molecule has 0 bridgehead atoms. The van der Waals surface area contributed by atoms with E-state index in [1.807, 2.05) is 7.05 Å². The van der Waals surface area contributed by atoms with E-state index in [1.54, 1.807) is 11.8 Å². The third-order valence-corrected chi connectivity index (χ3v) is 5.51. The van der Waals surface area contributed by atoms with E-state index in [0.29, 0.717) is 11.7 Å². The van der Waals surface area contributed by atoms with Gasteiger partial charge in [-0.05, 0) is 25.8 Å². The molecule has 0 amide bonds. The van der Waals surface area contributed by atoms with Gasteiger partial charge < -0.3 is 10.4 Å². The molecule has 1 atom stereocenters. The minimum Gasteiger partial charge on any atom is -0.394 e. The second-order valence-corrected chi connectivity index (χ2v) is 7.89. The van der Waals surface area contributed by atoms with Crippen LogP contribution in [0, 0.1) is 5.92 Å². The van der Waals surface area contributed by atoms with Crippen LogP contribution in [0.3, 0.4) is 0 Å². The van der Waals surface area contributed by atoms with Crippen molar-refractivity contribution in [1.29, 1.82) is 0 Å². The summed E-state index contributed by atoms with van der Waals surface area (Å²) in [6.45, 7) is 0.125. The SMILES string of the molecule is CNC(CO)(CSCCS(C)(=O)=O)C1CC1. The van der Waals surface area contributed by atoms with Gasteiger partial charge in [-0.3, -0.25) is 0 Å². The zero-order valence-electron chi connectivity index (χ0n) is 9.90. The molecule has 0 aromatic heterocycles. The molecular formula is C10H21NO3S2. The van der Waals surface area contributed by atoms with Gasteiger partial charge in [-0.15, -0.1) is 0 Å². The molecule has 0 radical (unpaired) electrons. The van der Waals surface area contributed by atoms with Crippen LogP contribution in [-0.2, 0) is 9.84 Å². The lowest BCUT2D eigenvalue weighted by molar-refractivity contribution is 0.167. The zero-order valence-corrected chi connectivity index (χ0v) is 11.5.